The molecule has 1 aromatic carbocycles. The van der Waals surface area contributed by atoms with Crippen LogP contribution in [0, 0.1) is 5.92 Å². The van der Waals surface area contributed by atoms with Gasteiger partial charge in [0.15, 0.2) is 0 Å². The molecule has 2 rings (SSSR count). The molecule has 0 amide bonds. The fourth-order valence-electron chi connectivity index (χ4n) is 2.24. The fourth-order valence-corrected chi connectivity index (χ4v) is 2.79. The highest BCUT2D eigenvalue weighted by atomic mass is 32.2. The predicted molar refractivity (Wildman–Crippen MR) is 70.7 cm³/mol. The molecule has 0 spiro atoms. The van der Waals surface area contributed by atoms with E-state index in [2.05, 4.69) is 6.07 Å². The van der Waals surface area contributed by atoms with Gasteiger partial charge in [0.1, 0.15) is 11.5 Å². The molecule has 0 aliphatic heterocycles. The molecule has 2 nitrogen and oxygen atoms in total. The van der Waals surface area contributed by atoms with Crippen LogP contribution in [0.3, 0.4) is 0 Å². The van der Waals surface area contributed by atoms with Crippen LogP contribution in [0.2, 0.25) is 0 Å². The van der Waals surface area contributed by atoms with Crippen molar-refractivity contribution in [1.29, 1.82) is 0 Å². The molecule has 1 saturated carbocycles. The third-order valence-electron chi connectivity index (χ3n) is 3.22. The van der Waals surface area contributed by atoms with Gasteiger partial charge in [0.05, 0.1) is 6.61 Å². The Bertz CT molecular complexity index is 390. The first-order valence-electron chi connectivity index (χ1n) is 6.10. The van der Waals surface area contributed by atoms with E-state index in [0.717, 1.165) is 36.3 Å². The molecule has 0 bridgehead atoms. The topological polar surface area (TPSA) is 26.3 Å². The van der Waals surface area contributed by atoms with Gasteiger partial charge in [-0.1, -0.05) is 12.1 Å². The molecule has 0 N–H and O–H groups in total. The van der Waals surface area contributed by atoms with Gasteiger partial charge in [-0.2, -0.15) is 0 Å². The average Bonchev–Trinajstić information content (AvgIpc) is 2.76. The SMILES string of the molecule is CSc1ccccc1OCCC1CCCC1=O. The van der Waals surface area contributed by atoms with Crippen LogP contribution in [0.25, 0.3) is 0 Å². The van der Waals surface area contributed by atoms with Gasteiger partial charge in [0, 0.05) is 17.2 Å². The molecule has 1 unspecified atom stereocenters. The van der Waals surface area contributed by atoms with E-state index < -0.39 is 0 Å². The summed E-state index contributed by atoms with van der Waals surface area (Å²) in [6, 6.07) is 8.04. The Labute approximate surface area is 107 Å². The van der Waals surface area contributed by atoms with E-state index in [0.29, 0.717) is 12.4 Å². The third-order valence-corrected chi connectivity index (χ3v) is 4.00. The lowest BCUT2D eigenvalue weighted by Crippen LogP contribution is -2.11. The van der Waals surface area contributed by atoms with Gasteiger partial charge >= 0.3 is 0 Å². The number of rotatable bonds is 5. The molecule has 92 valence electrons. The van der Waals surface area contributed by atoms with Gasteiger partial charge in [0.2, 0.25) is 0 Å². The first-order chi connectivity index (χ1) is 8.31. The lowest BCUT2D eigenvalue weighted by Gasteiger charge is -2.11. The Balaban J connectivity index is 1.83. The Hall–Kier alpha value is -0.960. The van der Waals surface area contributed by atoms with Crippen LogP contribution in [-0.4, -0.2) is 18.6 Å². The van der Waals surface area contributed by atoms with Crippen LogP contribution >= 0.6 is 11.8 Å². The minimum Gasteiger partial charge on any atom is -0.492 e. The van der Waals surface area contributed by atoms with Crippen molar-refractivity contribution < 1.29 is 9.53 Å². The van der Waals surface area contributed by atoms with Crippen molar-refractivity contribution >= 4 is 17.5 Å². The number of Topliss-reactive ketones (excluding diaryl/α,β-unsaturated/α-hetero) is 1. The van der Waals surface area contributed by atoms with E-state index in [1.165, 1.54) is 0 Å². The number of para-hydroxylation sites is 1. The smallest absolute Gasteiger partial charge is 0.136 e. The summed E-state index contributed by atoms with van der Waals surface area (Å²) < 4.78 is 5.77. The number of hydrogen-bond donors (Lipinski definition) is 0. The summed E-state index contributed by atoms with van der Waals surface area (Å²) in [5, 5.41) is 0. The molecule has 1 aliphatic carbocycles. The molecule has 0 radical (unpaired) electrons. The zero-order valence-corrected chi connectivity index (χ0v) is 11.0. The van der Waals surface area contributed by atoms with Gasteiger partial charge in [0.25, 0.3) is 0 Å². The number of ketones is 1. The van der Waals surface area contributed by atoms with Gasteiger partial charge in [-0.3, -0.25) is 4.79 Å². The third kappa shape index (κ3) is 3.25. The summed E-state index contributed by atoms with van der Waals surface area (Å²) in [5.74, 6) is 1.61. The van der Waals surface area contributed by atoms with Crippen molar-refractivity contribution in [2.45, 2.75) is 30.6 Å². The molecule has 3 heteroatoms. The number of benzene rings is 1. The Morgan fingerprint density at radius 3 is 2.94 bits per heavy atom. The second-order valence-corrected chi connectivity index (χ2v) is 5.19. The summed E-state index contributed by atoms with van der Waals surface area (Å²) in [6.45, 7) is 0.647. The van der Waals surface area contributed by atoms with Crippen LogP contribution in [0.15, 0.2) is 29.2 Å². The highest BCUT2D eigenvalue weighted by Crippen LogP contribution is 2.28. The minimum absolute atomic E-state index is 0.247. The minimum atomic E-state index is 0.247. The van der Waals surface area contributed by atoms with E-state index >= 15 is 0 Å². The van der Waals surface area contributed by atoms with Crippen molar-refractivity contribution in [2.75, 3.05) is 12.9 Å². The van der Waals surface area contributed by atoms with Crippen molar-refractivity contribution in [2.24, 2.45) is 5.92 Å². The van der Waals surface area contributed by atoms with Crippen molar-refractivity contribution in [3.8, 4) is 5.75 Å². The summed E-state index contributed by atoms with van der Waals surface area (Å²) >= 11 is 1.69. The maximum absolute atomic E-state index is 11.5. The maximum atomic E-state index is 11.5. The number of carbonyl (C=O) groups excluding carboxylic acids is 1. The molecule has 0 saturated heterocycles. The monoisotopic (exact) mass is 250 g/mol. The number of carbonyl (C=O) groups is 1. The quantitative estimate of drug-likeness (QED) is 0.748. The standard InChI is InChI=1S/C14H18O2S/c1-17-14-8-3-2-7-13(14)16-10-9-11-5-4-6-12(11)15/h2-3,7-8,11H,4-6,9-10H2,1H3. The van der Waals surface area contributed by atoms with Crippen LogP contribution in [0.1, 0.15) is 25.7 Å². The second-order valence-electron chi connectivity index (χ2n) is 4.34. The molecule has 1 fully saturated rings. The van der Waals surface area contributed by atoms with E-state index in [1.54, 1.807) is 11.8 Å². The first-order valence-corrected chi connectivity index (χ1v) is 7.32. The molecule has 1 atom stereocenters. The lowest BCUT2D eigenvalue weighted by molar-refractivity contribution is -0.121. The molecule has 17 heavy (non-hydrogen) atoms. The van der Waals surface area contributed by atoms with E-state index in [4.69, 9.17) is 4.74 Å². The van der Waals surface area contributed by atoms with Gasteiger partial charge in [-0.15, -0.1) is 11.8 Å². The zero-order valence-electron chi connectivity index (χ0n) is 10.1. The molecular formula is C14H18O2S. The van der Waals surface area contributed by atoms with Gasteiger partial charge < -0.3 is 4.74 Å². The fraction of sp³-hybridized carbons (Fsp3) is 0.500. The van der Waals surface area contributed by atoms with Crippen LogP contribution in [-0.2, 0) is 4.79 Å². The van der Waals surface area contributed by atoms with Crippen LogP contribution in [0.5, 0.6) is 5.75 Å². The average molecular weight is 250 g/mol. The van der Waals surface area contributed by atoms with E-state index in [-0.39, 0.29) is 5.92 Å². The summed E-state index contributed by atoms with van der Waals surface area (Å²) in [6.07, 6.45) is 5.79. The number of thioether (sulfide) groups is 1. The Morgan fingerprint density at radius 2 is 2.24 bits per heavy atom. The summed E-state index contributed by atoms with van der Waals surface area (Å²) in [5.41, 5.74) is 0. The van der Waals surface area contributed by atoms with Crippen molar-refractivity contribution in [1.82, 2.24) is 0 Å². The molecule has 1 aliphatic rings. The van der Waals surface area contributed by atoms with E-state index in [1.807, 2.05) is 24.5 Å². The maximum Gasteiger partial charge on any atom is 0.136 e. The van der Waals surface area contributed by atoms with Crippen LogP contribution < -0.4 is 4.74 Å². The molecular weight excluding hydrogens is 232 g/mol. The number of ether oxygens (including phenoxy) is 1. The Kier molecular flexibility index (Phi) is 4.49. The van der Waals surface area contributed by atoms with Crippen molar-refractivity contribution in [3.63, 3.8) is 0 Å². The Morgan fingerprint density at radius 1 is 1.41 bits per heavy atom. The van der Waals surface area contributed by atoms with Gasteiger partial charge in [-0.05, 0) is 37.7 Å². The zero-order chi connectivity index (χ0) is 12.1. The number of hydrogen-bond acceptors (Lipinski definition) is 3. The highest BCUT2D eigenvalue weighted by Gasteiger charge is 2.23. The van der Waals surface area contributed by atoms with Crippen LogP contribution in [0.4, 0.5) is 0 Å². The lowest BCUT2D eigenvalue weighted by atomic mass is 10.0. The van der Waals surface area contributed by atoms with E-state index in [9.17, 15) is 4.79 Å². The highest BCUT2D eigenvalue weighted by molar-refractivity contribution is 7.98. The van der Waals surface area contributed by atoms with Gasteiger partial charge in [-0.25, -0.2) is 0 Å². The summed E-state index contributed by atoms with van der Waals surface area (Å²) in [4.78, 5) is 12.6. The normalized spacial score (nSPS) is 19.6. The molecule has 0 heterocycles. The first kappa shape index (κ1) is 12.5. The van der Waals surface area contributed by atoms with Crippen molar-refractivity contribution in [3.05, 3.63) is 24.3 Å². The second kappa shape index (κ2) is 6.10. The molecule has 0 aromatic heterocycles. The summed E-state index contributed by atoms with van der Waals surface area (Å²) in [7, 11) is 0. The predicted octanol–water partition coefficient (Wildman–Crippen LogP) is 3.55. The largest absolute Gasteiger partial charge is 0.492 e. The molecule has 1 aromatic rings.